The Morgan fingerprint density at radius 1 is 1.05 bits per heavy atom. The Morgan fingerprint density at radius 3 is 2.68 bits per heavy atom. The van der Waals surface area contributed by atoms with E-state index in [1.54, 1.807) is 0 Å². The first kappa shape index (κ1) is 26.0. The fourth-order valence-corrected chi connectivity index (χ4v) is 6.30. The third-order valence-electron chi connectivity index (χ3n) is 7.64. The number of nitrogens with one attached hydrogen (secondary N) is 3. The Labute approximate surface area is 225 Å². The molecule has 5 rings (SSSR count). The van der Waals surface area contributed by atoms with Gasteiger partial charge in [-0.1, -0.05) is 37.1 Å². The van der Waals surface area contributed by atoms with Crippen LogP contribution < -0.4 is 20.7 Å². The molecule has 2 aromatic carbocycles. The van der Waals surface area contributed by atoms with Crippen molar-refractivity contribution in [1.29, 1.82) is 0 Å². The smallest absolute Gasteiger partial charge is 0.252 e. The maximum Gasteiger partial charge on any atom is 0.252 e. The summed E-state index contributed by atoms with van der Waals surface area (Å²) < 4.78 is 6.18. The standard InChI is InChI=1S/C31H39N3O2S/c1-21-10-11-27(36-26-14-16-32-17-15-26)19-29(21)31(35)34-22(2)23-6-5-7-24(18-23)30-13-12-28(37-30)20-33-25-8-3-4-9-25/h5-7,10-13,18-19,22,25-26,32-33H,3-4,8-9,14-17,20H2,1-2H3,(H,34,35). The van der Waals surface area contributed by atoms with Gasteiger partial charge in [0.05, 0.1) is 6.04 Å². The zero-order valence-corrected chi connectivity index (χ0v) is 22.8. The minimum Gasteiger partial charge on any atom is -0.490 e. The van der Waals surface area contributed by atoms with Gasteiger partial charge in [0.2, 0.25) is 0 Å². The van der Waals surface area contributed by atoms with Gasteiger partial charge in [-0.2, -0.15) is 0 Å². The van der Waals surface area contributed by atoms with Crippen LogP contribution in [-0.2, 0) is 6.54 Å². The van der Waals surface area contributed by atoms with Crippen LogP contribution in [0, 0.1) is 6.92 Å². The van der Waals surface area contributed by atoms with Crippen molar-refractivity contribution >= 4 is 17.2 Å². The van der Waals surface area contributed by atoms with Crippen LogP contribution in [0.3, 0.4) is 0 Å². The lowest BCUT2D eigenvalue weighted by molar-refractivity contribution is 0.0938. The Balaban J connectivity index is 1.22. The van der Waals surface area contributed by atoms with Gasteiger partial charge in [-0.25, -0.2) is 0 Å². The largest absolute Gasteiger partial charge is 0.490 e. The number of hydrogen-bond donors (Lipinski definition) is 3. The van der Waals surface area contributed by atoms with Gasteiger partial charge in [0.15, 0.2) is 0 Å². The third kappa shape index (κ3) is 6.81. The number of ether oxygens (including phenoxy) is 1. The number of thiophene rings is 1. The second kappa shape index (κ2) is 12.2. The van der Waals surface area contributed by atoms with E-state index in [9.17, 15) is 4.79 Å². The summed E-state index contributed by atoms with van der Waals surface area (Å²) in [5, 5.41) is 10.3. The average molecular weight is 518 g/mol. The Morgan fingerprint density at radius 2 is 1.86 bits per heavy atom. The fraction of sp³-hybridized carbons (Fsp3) is 0.452. The summed E-state index contributed by atoms with van der Waals surface area (Å²) in [4.78, 5) is 15.9. The maximum atomic E-state index is 13.3. The molecule has 6 heteroatoms. The molecule has 0 bridgehead atoms. The lowest BCUT2D eigenvalue weighted by Crippen LogP contribution is -2.34. The van der Waals surface area contributed by atoms with E-state index in [4.69, 9.17) is 4.74 Å². The lowest BCUT2D eigenvalue weighted by Gasteiger charge is -2.24. The normalized spacial score (nSPS) is 17.6. The number of carbonyl (C=O) groups excluding carboxylic acids is 1. The Bertz CT molecular complexity index is 1190. The molecule has 1 saturated heterocycles. The van der Waals surface area contributed by atoms with E-state index >= 15 is 0 Å². The molecule has 2 aliphatic rings. The predicted octanol–water partition coefficient (Wildman–Crippen LogP) is 6.38. The number of carbonyl (C=O) groups is 1. The minimum atomic E-state index is -0.107. The third-order valence-corrected chi connectivity index (χ3v) is 8.78. The molecule has 196 valence electrons. The van der Waals surface area contributed by atoms with E-state index in [0.29, 0.717) is 11.6 Å². The summed E-state index contributed by atoms with van der Waals surface area (Å²) in [6.07, 6.45) is 7.50. The van der Waals surface area contributed by atoms with Crippen LogP contribution in [0.15, 0.2) is 54.6 Å². The van der Waals surface area contributed by atoms with Gasteiger partial charge < -0.3 is 20.7 Å². The van der Waals surface area contributed by atoms with Crippen molar-refractivity contribution in [3.05, 3.63) is 76.2 Å². The lowest BCUT2D eigenvalue weighted by atomic mass is 10.0. The van der Waals surface area contributed by atoms with Gasteiger partial charge in [-0.15, -0.1) is 11.3 Å². The molecule has 1 amide bonds. The van der Waals surface area contributed by atoms with E-state index < -0.39 is 0 Å². The molecule has 1 aromatic heterocycles. The summed E-state index contributed by atoms with van der Waals surface area (Å²) in [6, 6.07) is 19.4. The zero-order chi connectivity index (χ0) is 25.6. The topological polar surface area (TPSA) is 62.4 Å². The summed E-state index contributed by atoms with van der Waals surface area (Å²) >= 11 is 1.85. The van der Waals surface area contributed by atoms with Crippen LogP contribution in [0.1, 0.15) is 77.9 Å². The molecular formula is C31H39N3O2S. The van der Waals surface area contributed by atoms with Gasteiger partial charge >= 0.3 is 0 Å². The Hall–Kier alpha value is -2.67. The first-order valence-corrected chi connectivity index (χ1v) is 14.6. The number of piperidine rings is 1. The number of aryl methyl sites for hydroxylation is 1. The molecule has 3 N–H and O–H groups in total. The quantitative estimate of drug-likeness (QED) is 0.308. The van der Waals surface area contributed by atoms with E-state index in [1.165, 1.54) is 41.0 Å². The molecule has 1 unspecified atom stereocenters. The second-order valence-corrected chi connectivity index (χ2v) is 11.7. The van der Waals surface area contributed by atoms with Gasteiger partial charge in [0, 0.05) is 27.9 Å². The van der Waals surface area contributed by atoms with Gasteiger partial charge in [-0.3, -0.25) is 4.79 Å². The van der Waals surface area contributed by atoms with Gasteiger partial charge in [0.25, 0.3) is 5.91 Å². The molecule has 37 heavy (non-hydrogen) atoms. The molecule has 2 heterocycles. The number of amides is 1. The molecular weight excluding hydrogens is 478 g/mol. The van der Waals surface area contributed by atoms with Crippen LogP contribution in [0.5, 0.6) is 5.75 Å². The minimum absolute atomic E-state index is 0.0671. The highest BCUT2D eigenvalue weighted by Crippen LogP contribution is 2.31. The van der Waals surface area contributed by atoms with E-state index in [-0.39, 0.29) is 18.1 Å². The molecule has 5 nitrogen and oxygen atoms in total. The van der Waals surface area contributed by atoms with Crippen molar-refractivity contribution in [2.75, 3.05) is 13.1 Å². The zero-order valence-electron chi connectivity index (χ0n) is 22.0. The van der Waals surface area contributed by atoms with Gasteiger partial charge in [0.1, 0.15) is 11.9 Å². The molecule has 1 atom stereocenters. The van der Waals surface area contributed by atoms with Crippen LogP contribution in [0.25, 0.3) is 10.4 Å². The number of hydrogen-bond acceptors (Lipinski definition) is 5. The fourth-order valence-electron chi connectivity index (χ4n) is 5.35. The van der Waals surface area contributed by atoms with Crippen molar-refractivity contribution in [2.45, 2.75) is 77.1 Å². The van der Waals surface area contributed by atoms with Crippen molar-refractivity contribution in [1.82, 2.24) is 16.0 Å². The van der Waals surface area contributed by atoms with Crippen molar-refractivity contribution in [3.63, 3.8) is 0 Å². The SMILES string of the molecule is Cc1ccc(OC2CCNCC2)cc1C(=O)NC(C)c1cccc(-c2ccc(CNC3CCCC3)s2)c1. The van der Waals surface area contributed by atoms with Crippen molar-refractivity contribution in [2.24, 2.45) is 0 Å². The first-order valence-electron chi connectivity index (χ1n) is 13.8. The number of rotatable bonds is 9. The van der Waals surface area contributed by atoms with Crippen LogP contribution >= 0.6 is 11.3 Å². The van der Waals surface area contributed by atoms with E-state index in [2.05, 4.69) is 52.3 Å². The van der Waals surface area contributed by atoms with Crippen LogP contribution in [0.2, 0.25) is 0 Å². The summed E-state index contributed by atoms with van der Waals surface area (Å²) in [5.74, 6) is 0.704. The van der Waals surface area contributed by atoms with E-state index in [0.717, 1.165) is 49.4 Å². The van der Waals surface area contributed by atoms with Crippen LogP contribution in [0.4, 0.5) is 0 Å². The number of benzene rings is 2. The molecule has 0 radical (unpaired) electrons. The highest BCUT2D eigenvalue weighted by Gasteiger charge is 2.19. The molecule has 1 aliphatic carbocycles. The first-order chi connectivity index (χ1) is 18.0. The summed E-state index contributed by atoms with van der Waals surface area (Å²) in [7, 11) is 0. The molecule has 2 fully saturated rings. The molecule has 3 aromatic rings. The molecule has 0 spiro atoms. The maximum absolute atomic E-state index is 13.3. The predicted molar refractivity (Wildman–Crippen MR) is 152 cm³/mol. The molecule has 1 saturated carbocycles. The highest BCUT2D eigenvalue weighted by atomic mass is 32.1. The summed E-state index contributed by atoms with van der Waals surface area (Å²) in [6.45, 7) is 6.92. The highest BCUT2D eigenvalue weighted by molar-refractivity contribution is 7.15. The molecule has 1 aliphatic heterocycles. The van der Waals surface area contributed by atoms with Crippen molar-refractivity contribution < 1.29 is 9.53 Å². The van der Waals surface area contributed by atoms with Gasteiger partial charge in [-0.05, 0) is 99.6 Å². The second-order valence-electron chi connectivity index (χ2n) is 10.5. The average Bonchev–Trinajstić information content (AvgIpc) is 3.62. The monoisotopic (exact) mass is 517 g/mol. The van der Waals surface area contributed by atoms with Crippen molar-refractivity contribution in [3.8, 4) is 16.2 Å². The van der Waals surface area contributed by atoms with E-state index in [1.807, 2.05) is 43.4 Å². The van der Waals surface area contributed by atoms with Crippen LogP contribution in [-0.4, -0.2) is 31.1 Å². The summed E-state index contributed by atoms with van der Waals surface area (Å²) in [5.41, 5.74) is 3.93. The Kier molecular flexibility index (Phi) is 8.59.